The first-order valence-electron chi connectivity index (χ1n) is 12.5. The van der Waals surface area contributed by atoms with Crippen molar-refractivity contribution in [2.45, 2.75) is 77.4 Å². The summed E-state index contributed by atoms with van der Waals surface area (Å²) in [5, 5.41) is 12.7. The van der Waals surface area contributed by atoms with Crippen LogP contribution in [0.4, 0.5) is 0 Å². The Morgan fingerprint density at radius 3 is 2.30 bits per heavy atom. The number of nitrogens with one attached hydrogen (secondary N) is 1. The molecule has 0 heterocycles. The second kappa shape index (κ2) is 11.3. The summed E-state index contributed by atoms with van der Waals surface area (Å²) in [6, 6.07) is 19.4. The summed E-state index contributed by atoms with van der Waals surface area (Å²) < 4.78 is 0. The minimum absolute atomic E-state index is 0.0116. The van der Waals surface area contributed by atoms with Crippen LogP contribution in [0.15, 0.2) is 54.6 Å². The molecule has 0 spiro atoms. The summed E-state index contributed by atoms with van der Waals surface area (Å²) in [7, 11) is 2.18. The number of nitrogens with zero attached hydrogens (tertiary/aromatic N) is 1. The van der Waals surface area contributed by atoms with Crippen molar-refractivity contribution in [3.05, 3.63) is 71.3 Å². The Morgan fingerprint density at radius 1 is 1.06 bits per heavy atom. The van der Waals surface area contributed by atoms with Gasteiger partial charge in [0.25, 0.3) is 0 Å². The topological polar surface area (TPSA) is 52.6 Å². The Bertz CT molecular complexity index is 876. The van der Waals surface area contributed by atoms with Crippen LogP contribution in [0.3, 0.4) is 0 Å². The zero-order valence-corrected chi connectivity index (χ0v) is 21.1. The van der Waals surface area contributed by atoms with Crippen molar-refractivity contribution in [2.75, 3.05) is 13.7 Å². The van der Waals surface area contributed by atoms with Crippen LogP contribution in [0.1, 0.15) is 76.0 Å². The zero-order valence-electron chi connectivity index (χ0n) is 21.1. The van der Waals surface area contributed by atoms with Crippen molar-refractivity contribution in [1.29, 1.82) is 0 Å². The third kappa shape index (κ3) is 6.24. The molecule has 180 valence electrons. The van der Waals surface area contributed by atoms with Gasteiger partial charge in [0.05, 0.1) is 12.6 Å². The molecule has 2 aromatic carbocycles. The van der Waals surface area contributed by atoms with Crippen LogP contribution in [0, 0.1) is 11.8 Å². The van der Waals surface area contributed by atoms with E-state index in [1.54, 1.807) is 0 Å². The van der Waals surface area contributed by atoms with Crippen molar-refractivity contribution < 1.29 is 9.90 Å². The minimum Gasteiger partial charge on any atom is -0.394 e. The highest BCUT2D eigenvalue weighted by Gasteiger charge is 2.33. The van der Waals surface area contributed by atoms with Gasteiger partial charge in [-0.1, -0.05) is 81.3 Å². The highest BCUT2D eigenvalue weighted by Crippen LogP contribution is 2.38. The van der Waals surface area contributed by atoms with E-state index >= 15 is 0 Å². The fraction of sp³-hybridized carbons (Fsp3) is 0.552. The second-order valence-corrected chi connectivity index (χ2v) is 10.6. The normalized spacial score (nSPS) is 20.1. The van der Waals surface area contributed by atoms with Crippen LogP contribution in [0.2, 0.25) is 0 Å². The molecule has 1 fully saturated rings. The summed E-state index contributed by atoms with van der Waals surface area (Å²) in [6.07, 6.45) is 4.22. The molecule has 33 heavy (non-hydrogen) atoms. The van der Waals surface area contributed by atoms with Crippen LogP contribution in [-0.4, -0.2) is 35.6 Å². The highest BCUT2D eigenvalue weighted by atomic mass is 16.3. The quantitative estimate of drug-likeness (QED) is 0.533. The fourth-order valence-corrected chi connectivity index (χ4v) is 4.96. The summed E-state index contributed by atoms with van der Waals surface area (Å²) in [5.41, 5.74) is 3.78. The third-order valence-electron chi connectivity index (χ3n) is 7.69. The molecule has 2 aromatic rings. The van der Waals surface area contributed by atoms with Gasteiger partial charge in [0.15, 0.2) is 0 Å². The van der Waals surface area contributed by atoms with Crippen LogP contribution < -0.4 is 5.32 Å². The van der Waals surface area contributed by atoms with Gasteiger partial charge in [-0.15, -0.1) is 0 Å². The summed E-state index contributed by atoms with van der Waals surface area (Å²) in [4.78, 5) is 15.5. The van der Waals surface area contributed by atoms with Gasteiger partial charge >= 0.3 is 0 Å². The van der Waals surface area contributed by atoms with Crippen molar-refractivity contribution in [3.63, 3.8) is 0 Å². The monoisotopic (exact) mass is 450 g/mol. The van der Waals surface area contributed by atoms with Crippen molar-refractivity contribution in [2.24, 2.45) is 11.8 Å². The summed E-state index contributed by atoms with van der Waals surface area (Å²) >= 11 is 0. The van der Waals surface area contributed by atoms with Gasteiger partial charge in [0, 0.05) is 18.0 Å². The number of rotatable bonds is 9. The molecule has 2 N–H and O–H groups in total. The molecule has 1 aliphatic carbocycles. The molecule has 3 rings (SSSR count). The number of carbonyl (C=O) groups excluding carboxylic acids is 1. The van der Waals surface area contributed by atoms with E-state index < -0.39 is 0 Å². The molecular weight excluding hydrogens is 408 g/mol. The van der Waals surface area contributed by atoms with Gasteiger partial charge in [0.2, 0.25) is 5.91 Å². The van der Waals surface area contributed by atoms with Gasteiger partial charge < -0.3 is 10.4 Å². The molecular formula is C29H42N2O2. The molecule has 0 radical (unpaired) electrons. The summed E-state index contributed by atoms with van der Waals surface area (Å²) in [6.45, 7) is 9.45. The van der Waals surface area contributed by atoms with Crippen LogP contribution in [-0.2, 0) is 16.9 Å². The zero-order chi connectivity index (χ0) is 24.0. The maximum absolute atomic E-state index is 13.1. The van der Waals surface area contributed by atoms with Gasteiger partial charge in [-0.3, -0.25) is 9.69 Å². The van der Waals surface area contributed by atoms with E-state index in [0.29, 0.717) is 0 Å². The lowest BCUT2D eigenvalue weighted by Gasteiger charge is -2.36. The molecule has 1 aliphatic rings. The maximum Gasteiger partial charge on any atom is 0.224 e. The van der Waals surface area contributed by atoms with Crippen molar-refractivity contribution in [3.8, 4) is 0 Å². The number of benzene rings is 2. The predicted molar refractivity (Wildman–Crippen MR) is 136 cm³/mol. The van der Waals surface area contributed by atoms with Crippen LogP contribution in [0.5, 0.6) is 0 Å². The molecule has 0 aliphatic heterocycles. The van der Waals surface area contributed by atoms with Gasteiger partial charge in [-0.25, -0.2) is 0 Å². The van der Waals surface area contributed by atoms with Crippen LogP contribution in [0.25, 0.3) is 0 Å². The highest BCUT2D eigenvalue weighted by molar-refractivity contribution is 5.80. The molecule has 0 saturated heterocycles. The molecule has 0 bridgehead atoms. The number of hydrogen-bond donors (Lipinski definition) is 2. The maximum atomic E-state index is 13.1. The first-order valence-corrected chi connectivity index (χ1v) is 12.5. The van der Waals surface area contributed by atoms with E-state index in [9.17, 15) is 9.90 Å². The average molecular weight is 451 g/mol. The Morgan fingerprint density at radius 2 is 1.70 bits per heavy atom. The lowest BCUT2D eigenvalue weighted by molar-refractivity contribution is -0.128. The first kappa shape index (κ1) is 25.5. The van der Waals surface area contributed by atoms with E-state index in [0.717, 1.165) is 32.2 Å². The predicted octanol–water partition coefficient (Wildman–Crippen LogP) is 5.46. The first-order chi connectivity index (χ1) is 15.7. The third-order valence-corrected chi connectivity index (χ3v) is 7.69. The van der Waals surface area contributed by atoms with Crippen molar-refractivity contribution in [1.82, 2.24) is 10.2 Å². The lowest BCUT2D eigenvalue weighted by Crippen LogP contribution is -2.45. The standard InChI is InChI=1S/C29H42N2O2/c1-21(2)27(20-32)30-28(33)26-14-10-9-13-25(26)23-17-15-22(16-18-23)19-31(5)29(3,4)24-11-7-6-8-12-24/h6-8,11-12,15-18,21,25-27,32H,9-10,13-14,19-20H2,1-5H3,(H,30,33)/t25-,26+,27+/m1/s1. The molecule has 4 nitrogen and oxygen atoms in total. The average Bonchev–Trinajstić information content (AvgIpc) is 2.83. The van der Waals surface area contributed by atoms with E-state index in [1.165, 1.54) is 16.7 Å². The molecule has 3 atom stereocenters. The molecule has 4 heteroatoms. The van der Waals surface area contributed by atoms with E-state index in [2.05, 4.69) is 85.7 Å². The Kier molecular flexibility index (Phi) is 8.72. The Hall–Kier alpha value is -2.17. The SMILES string of the molecule is CC(C)[C@H](CO)NC(=O)[C@H]1CCCC[C@@H]1c1ccc(CN(C)C(C)(C)c2ccccc2)cc1. The smallest absolute Gasteiger partial charge is 0.224 e. The largest absolute Gasteiger partial charge is 0.394 e. The second-order valence-electron chi connectivity index (χ2n) is 10.6. The van der Waals surface area contributed by atoms with Crippen molar-refractivity contribution >= 4 is 5.91 Å². The Balaban J connectivity index is 1.69. The summed E-state index contributed by atoms with van der Waals surface area (Å²) in [5.74, 6) is 0.549. The lowest BCUT2D eigenvalue weighted by atomic mass is 9.74. The van der Waals surface area contributed by atoms with E-state index in [-0.39, 0.29) is 41.8 Å². The Labute approximate surface area is 200 Å². The number of aliphatic hydroxyl groups excluding tert-OH is 1. The molecule has 1 saturated carbocycles. The number of hydrogen-bond acceptors (Lipinski definition) is 3. The van der Waals surface area contributed by atoms with Gasteiger partial charge in [-0.05, 0) is 62.3 Å². The minimum atomic E-state index is -0.175. The number of carbonyl (C=O) groups is 1. The van der Waals surface area contributed by atoms with Crippen LogP contribution >= 0.6 is 0 Å². The van der Waals surface area contributed by atoms with Gasteiger partial charge in [0.1, 0.15) is 0 Å². The van der Waals surface area contributed by atoms with Gasteiger partial charge in [-0.2, -0.15) is 0 Å². The number of aliphatic hydroxyl groups is 1. The molecule has 0 unspecified atom stereocenters. The molecule has 0 aromatic heterocycles. The fourth-order valence-electron chi connectivity index (χ4n) is 4.96. The molecule has 1 amide bonds. The van der Waals surface area contributed by atoms with E-state index in [1.807, 2.05) is 13.8 Å². The van der Waals surface area contributed by atoms with E-state index in [4.69, 9.17) is 0 Å². The number of amides is 1.